The molecule has 0 N–H and O–H groups in total. The van der Waals surface area contributed by atoms with Gasteiger partial charge < -0.3 is 9.80 Å². The van der Waals surface area contributed by atoms with Crippen LogP contribution in [0.1, 0.15) is 18.4 Å². The zero-order chi connectivity index (χ0) is 17.9. The second-order valence-corrected chi connectivity index (χ2v) is 8.08. The van der Waals surface area contributed by atoms with Gasteiger partial charge >= 0.3 is 0 Å². The van der Waals surface area contributed by atoms with E-state index >= 15 is 0 Å². The van der Waals surface area contributed by atoms with E-state index < -0.39 is 0 Å². The smallest absolute Gasteiger partial charge is 0.225 e. The van der Waals surface area contributed by atoms with Crippen molar-refractivity contribution in [2.24, 2.45) is 5.92 Å². The summed E-state index contributed by atoms with van der Waals surface area (Å²) in [5.41, 5.74) is 1.51. The molecule has 0 radical (unpaired) electrons. The van der Waals surface area contributed by atoms with Crippen LogP contribution in [0.4, 0.5) is 5.82 Å². The van der Waals surface area contributed by atoms with E-state index in [4.69, 9.17) is 4.98 Å². The van der Waals surface area contributed by atoms with Gasteiger partial charge in [-0.1, -0.05) is 18.2 Å². The lowest BCUT2D eigenvalue weighted by atomic mass is 9.95. The number of carbonyl (C=O) groups excluding carboxylic acids is 1. The Kier molecular flexibility index (Phi) is 4.98. The van der Waals surface area contributed by atoms with Crippen molar-refractivity contribution >= 4 is 34.4 Å². The number of carbonyl (C=O) groups is 1. The quantitative estimate of drug-likeness (QED) is 0.818. The first-order valence-electron chi connectivity index (χ1n) is 9.17. The largest absolute Gasteiger partial charge is 0.357 e. The van der Waals surface area contributed by atoms with Crippen molar-refractivity contribution in [3.8, 4) is 6.07 Å². The molecule has 6 heteroatoms. The number of thioether (sulfide) groups is 1. The van der Waals surface area contributed by atoms with Crippen molar-refractivity contribution in [3.63, 3.8) is 0 Å². The summed E-state index contributed by atoms with van der Waals surface area (Å²) in [5, 5.41) is 10.4. The van der Waals surface area contributed by atoms with Crippen LogP contribution in [0.3, 0.4) is 0 Å². The third-order valence-corrected chi connectivity index (χ3v) is 6.26. The first-order valence-corrected chi connectivity index (χ1v) is 10.3. The van der Waals surface area contributed by atoms with Crippen LogP contribution in [-0.2, 0) is 4.79 Å². The van der Waals surface area contributed by atoms with Crippen LogP contribution in [0, 0.1) is 17.2 Å². The van der Waals surface area contributed by atoms with Crippen LogP contribution < -0.4 is 4.90 Å². The maximum atomic E-state index is 12.7. The second-order valence-electron chi connectivity index (χ2n) is 6.86. The average molecular weight is 366 g/mol. The molecule has 2 aromatic rings. The van der Waals surface area contributed by atoms with Crippen LogP contribution in [0.2, 0.25) is 0 Å². The number of hydrogen-bond acceptors (Lipinski definition) is 5. The molecule has 26 heavy (non-hydrogen) atoms. The van der Waals surface area contributed by atoms with E-state index in [-0.39, 0.29) is 5.92 Å². The standard InChI is InChI=1S/C20H22N4OS/c21-14-16-13-19(22-18-4-2-1-3-17(16)18)23-7-5-15(6-8-23)20(25)24-9-11-26-12-10-24/h1-4,13,15H,5-12H2. The summed E-state index contributed by atoms with van der Waals surface area (Å²) in [6, 6.07) is 11.9. The number of nitrogens with zero attached hydrogens (tertiary/aromatic N) is 4. The number of pyridine rings is 1. The van der Waals surface area contributed by atoms with Gasteiger partial charge in [-0.2, -0.15) is 17.0 Å². The molecule has 134 valence electrons. The SMILES string of the molecule is N#Cc1cc(N2CCC(C(=O)N3CCSCC3)CC2)nc2ccccc12. The third kappa shape index (κ3) is 3.36. The summed E-state index contributed by atoms with van der Waals surface area (Å²) >= 11 is 1.93. The topological polar surface area (TPSA) is 60.2 Å². The fourth-order valence-corrected chi connectivity index (χ4v) is 4.72. The number of benzene rings is 1. The number of hydrogen-bond donors (Lipinski definition) is 0. The minimum absolute atomic E-state index is 0.130. The molecule has 0 unspecified atom stereocenters. The summed E-state index contributed by atoms with van der Waals surface area (Å²) in [7, 11) is 0. The van der Waals surface area contributed by atoms with Crippen molar-refractivity contribution in [2.75, 3.05) is 42.6 Å². The first kappa shape index (κ1) is 17.2. The highest BCUT2D eigenvalue weighted by Crippen LogP contribution is 2.27. The Hall–Kier alpha value is -2.26. The molecule has 0 spiro atoms. The van der Waals surface area contributed by atoms with Gasteiger partial charge in [0.1, 0.15) is 5.82 Å². The zero-order valence-corrected chi connectivity index (χ0v) is 15.5. The lowest BCUT2D eigenvalue weighted by Crippen LogP contribution is -2.45. The molecule has 2 fully saturated rings. The number of anilines is 1. The fourth-order valence-electron chi connectivity index (χ4n) is 3.81. The zero-order valence-electron chi connectivity index (χ0n) is 14.7. The maximum absolute atomic E-state index is 12.7. The number of aromatic nitrogens is 1. The lowest BCUT2D eigenvalue weighted by molar-refractivity contribution is -0.135. The molecular formula is C20H22N4OS. The van der Waals surface area contributed by atoms with Gasteiger partial charge in [0.05, 0.1) is 17.1 Å². The highest BCUT2D eigenvalue weighted by Gasteiger charge is 2.29. The highest BCUT2D eigenvalue weighted by molar-refractivity contribution is 7.99. The van der Waals surface area contributed by atoms with Crippen molar-refractivity contribution in [2.45, 2.75) is 12.8 Å². The van der Waals surface area contributed by atoms with Crippen LogP contribution >= 0.6 is 11.8 Å². The van der Waals surface area contributed by atoms with E-state index in [1.165, 1.54) is 0 Å². The van der Waals surface area contributed by atoms with E-state index in [1.807, 2.05) is 47.0 Å². The van der Waals surface area contributed by atoms with Gasteiger partial charge in [0.25, 0.3) is 0 Å². The summed E-state index contributed by atoms with van der Waals surface area (Å²) in [4.78, 5) is 21.7. The molecule has 0 atom stereocenters. The summed E-state index contributed by atoms with van der Waals surface area (Å²) in [6.07, 6.45) is 1.72. The van der Waals surface area contributed by atoms with Gasteiger partial charge in [-0.3, -0.25) is 4.79 Å². The highest BCUT2D eigenvalue weighted by atomic mass is 32.2. The Balaban J connectivity index is 1.47. The van der Waals surface area contributed by atoms with E-state index in [0.29, 0.717) is 11.5 Å². The average Bonchev–Trinajstić information content (AvgIpc) is 2.73. The molecule has 1 aromatic heterocycles. The van der Waals surface area contributed by atoms with Crippen molar-refractivity contribution < 1.29 is 4.79 Å². The Morgan fingerprint density at radius 1 is 1.15 bits per heavy atom. The summed E-state index contributed by atoms with van der Waals surface area (Å²) in [5.74, 6) is 3.42. The van der Waals surface area contributed by atoms with Crippen LogP contribution in [0.5, 0.6) is 0 Å². The fraction of sp³-hybridized carbons (Fsp3) is 0.450. The molecule has 0 bridgehead atoms. The number of piperidine rings is 1. The van der Waals surface area contributed by atoms with Gasteiger partial charge in [-0.15, -0.1) is 0 Å². The van der Waals surface area contributed by atoms with Crippen molar-refractivity contribution in [3.05, 3.63) is 35.9 Å². The predicted octanol–water partition coefficient (Wildman–Crippen LogP) is 2.90. The Morgan fingerprint density at radius 3 is 2.62 bits per heavy atom. The second kappa shape index (κ2) is 7.55. The molecule has 4 rings (SSSR count). The lowest BCUT2D eigenvalue weighted by Gasteiger charge is -2.36. The minimum Gasteiger partial charge on any atom is -0.357 e. The molecule has 0 saturated carbocycles. The third-order valence-electron chi connectivity index (χ3n) is 5.31. The number of rotatable bonds is 2. The molecule has 2 saturated heterocycles. The molecule has 3 heterocycles. The van der Waals surface area contributed by atoms with Crippen molar-refractivity contribution in [1.29, 1.82) is 5.26 Å². The van der Waals surface area contributed by atoms with Gasteiger partial charge in [0.15, 0.2) is 0 Å². The van der Waals surface area contributed by atoms with E-state index in [1.54, 1.807) is 0 Å². The summed E-state index contributed by atoms with van der Waals surface area (Å²) < 4.78 is 0. The van der Waals surface area contributed by atoms with Crippen LogP contribution in [0.25, 0.3) is 10.9 Å². The number of fused-ring (bicyclic) bond motifs is 1. The first-order chi connectivity index (χ1) is 12.8. The van der Waals surface area contributed by atoms with Crippen LogP contribution in [-0.4, -0.2) is 53.5 Å². The maximum Gasteiger partial charge on any atom is 0.225 e. The Bertz CT molecular complexity index is 849. The molecular weight excluding hydrogens is 344 g/mol. The van der Waals surface area contributed by atoms with E-state index in [2.05, 4.69) is 11.0 Å². The monoisotopic (exact) mass is 366 g/mol. The minimum atomic E-state index is 0.130. The van der Waals surface area contributed by atoms with Crippen molar-refractivity contribution in [1.82, 2.24) is 9.88 Å². The predicted molar refractivity (Wildman–Crippen MR) is 105 cm³/mol. The number of amides is 1. The Morgan fingerprint density at radius 2 is 1.88 bits per heavy atom. The molecule has 2 aliphatic heterocycles. The van der Waals surface area contributed by atoms with Gasteiger partial charge in [-0.05, 0) is 25.0 Å². The number of nitriles is 1. The molecule has 1 amide bonds. The van der Waals surface area contributed by atoms with E-state index in [0.717, 1.165) is 67.2 Å². The van der Waals surface area contributed by atoms with Gasteiger partial charge in [-0.25, -0.2) is 4.98 Å². The normalized spacial score (nSPS) is 18.7. The number of para-hydroxylation sites is 1. The molecule has 5 nitrogen and oxygen atoms in total. The summed E-state index contributed by atoms with van der Waals surface area (Å²) in [6.45, 7) is 3.41. The van der Waals surface area contributed by atoms with Gasteiger partial charge in [0, 0.05) is 49.0 Å². The van der Waals surface area contributed by atoms with E-state index in [9.17, 15) is 10.1 Å². The van der Waals surface area contributed by atoms with Gasteiger partial charge in [0.2, 0.25) is 5.91 Å². The molecule has 2 aliphatic rings. The van der Waals surface area contributed by atoms with Crippen LogP contribution in [0.15, 0.2) is 30.3 Å². The Labute approximate surface area is 158 Å². The molecule has 0 aliphatic carbocycles. The molecule has 1 aromatic carbocycles.